The molecule has 2 N–H and O–H groups in total. The van der Waals surface area contributed by atoms with Crippen LogP contribution in [0.4, 0.5) is 0 Å². The van der Waals surface area contributed by atoms with Gasteiger partial charge in [-0.15, -0.1) is 5.75 Å². The second-order valence-electron chi connectivity index (χ2n) is 15.6. The number of hydrogen-bond acceptors (Lipinski definition) is 9. The van der Waals surface area contributed by atoms with Crippen molar-refractivity contribution in [3.8, 4) is 34.5 Å². The quantitative estimate of drug-likeness (QED) is 0.0317. The van der Waals surface area contributed by atoms with Gasteiger partial charge in [-0.25, -0.2) is 8.42 Å². The molecule has 0 bridgehead atoms. The first-order valence-corrected chi connectivity index (χ1v) is 24.7. The van der Waals surface area contributed by atoms with E-state index in [1.165, 1.54) is 134 Å². The van der Waals surface area contributed by atoms with E-state index in [2.05, 4.69) is 13.8 Å². The Labute approximate surface area is 396 Å². The molecule has 0 fully saturated rings. The average Bonchev–Trinajstić information content (AvgIpc) is 3.19. The van der Waals surface area contributed by atoms with Crippen molar-refractivity contribution in [2.45, 2.75) is 165 Å². The van der Waals surface area contributed by atoms with Crippen LogP contribution in [0.2, 0.25) is 0 Å². The number of unbranched alkanes of at least 4 members (excludes halogenated alkanes) is 18. The molecule has 0 spiro atoms. The van der Waals surface area contributed by atoms with Crippen LogP contribution in [-0.4, -0.2) is 68.8 Å². The van der Waals surface area contributed by atoms with Crippen molar-refractivity contribution in [1.29, 1.82) is 0 Å². The first-order chi connectivity index (χ1) is 28.8. The van der Waals surface area contributed by atoms with Gasteiger partial charge in [0.2, 0.25) is 0 Å². The van der Waals surface area contributed by atoms with Crippen molar-refractivity contribution < 1.29 is 45.6 Å². The van der Waals surface area contributed by atoms with Gasteiger partial charge in [-0.05, 0) is 73.2 Å². The molecule has 0 aliphatic carbocycles. The molecule has 0 aliphatic heterocycles. The van der Waals surface area contributed by atoms with Crippen LogP contribution < -0.4 is 14.6 Å². The van der Waals surface area contributed by atoms with Crippen molar-refractivity contribution in [2.75, 3.05) is 0 Å². The predicted molar refractivity (Wildman–Crippen MR) is 242 cm³/mol. The molecule has 4 aromatic rings. The van der Waals surface area contributed by atoms with E-state index in [1.54, 1.807) is 12.1 Å². The Hall–Kier alpha value is -2.84. The number of aromatic hydroxyl groups is 1. The summed E-state index contributed by atoms with van der Waals surface area (Å²) in [5, 5.41) is 21.3. The molecule has 61 heavy (non-hydrogen) atoms. The van der Waals surface area contributed by atoms with Crippen LogP contribution in [0.5, 0.6) is 34.5 Å². The number of aryl methyl sites for hydroxylation is 2. The van der Waals surface area contributed by atoms with Crippen LogP contribution in [0.25, 0.3) is 0 Å². The molecular weight excluding hydrogens is 841 g/mol. The van der Waals surface area contributed by atoms with E-state index in [-0.39, 0.29) is 55.0 Å². The smallest absolute Gasteiger partial charge is 0.872 e. The van der Waals surface area contributed by atoms with Crippen molar-refractivity contribution in [2.24, 2.45) is 0 Å². The minimum atomic E-state index is -4.71. The molecule has 4 rings (SSSR count). The molecule has 0 amide bonds. The summed E-state index contributed by atoms with van der Waals surface area (Å²) in [7, 11) is -9.12. The summed E-state index contributed by atoms with van der Waals surface area (Å²) in [6, 6.07) is 21.7. The zero-order valence-electron chi connectivity index (χ0n) is 36.3. The fourth-order valence-electron chi connectivity index (χ4n) is 6.95. The van der Waals surface area contributed by atoms with E-state index in [1.807, 2.05) is 36.4 Å². The Kier molecular flexibility index (Phi) is 27.0. The van der Waals surface area contributed by atoms with Gasteiger partial charge in [-0.2, -0.15) is 8.42 Å². The number of benzene rings is 4. The van der Waals surface area contributed by atoms with E-state index in [0.29, 0.717) is 11.5 Å². The monoisotopic (exact) mass is 906 g/mol. The van der Waals surface area contributed by atoms with Gasteiger partial charge in [0.05, 0.1) is 4.90 Å². The Morgan fingerprint density at radius 3 is 1.30 bits per heavy atom. The third kappa shape index (κ3) is 24.0. The van der Waals surface area contributed by atoms with E-state index >= 15 is 0 Å². The van der Waals surface area contributed by atoms with Gasteiger partial charge in [-0.1, -0.05) is 160 Å². The van der Waals surface area contributed by atoms with E-state index < -0.39 is 35.8 Å². The molecule has 0 unspecified atom stereocenters. The third-order valence-corrected chi connectivity index (χ3v) is 11.9. The predicted octanol–water partition coefficient (Wildman–Crippen LogP) is 12.4. The Morgan fingerprint density at radius 2 is 0.885 bits per heavy atom. The second kappa shape index (κ2) is 30.3. The topological polar surface area (TPSA) is 173 Å². The van der Waals surface area contributed by atoms with Crippen LogP contribution in [-0.2, 0) is 33.1 Å². The number of hydrogen-bond donors (Lipinski definition) is 2. The molecular formula is C48H66CaO10S2. The molecule has 4 aromatic carbocycles. The molecule has 0 saturated heterocycles. The van der Waals surface area contributed by atoms with Gasteiger partial charge in [0.15, 0.2) is 0 Å². The number of rotatable bonds is 28. The maximum Gasteiger partial charge on any atom is 2.00 e. The van der Waals surface area contributed by atoms with Crippen molar-refractivity contribution in [3.63, 3.8) is 0 Å². The minimum Gasteiger partial charge on any atom is -0.872 e. The molecule has 0 aliphatic rings. The van der Waals surface area contributed by atoms with Crippen molar-refractivity contribution >= 4 is 58.0 Å². The van der Waals surface area contributed by atoms with E-state index in [4.69, 9.17) is 9.47 Å². The van der Waals surface area contributed by atoms with Gasteiger partial charge in [0.1, 0.15) is 43.8 Å². The molecule has 0 saturated carbocycles. The summed E-state index contributed by atoms with van der Waals surface area (Å²) in [6.07, 6.45) is 27.8. The van der Waals surface area contributed by atoms with Gasteiger partial charge in [0.25, 0.3) is 10.1 Å². The van der Waals surface area contributed by atoms with Crippen molar-refractivity contribution in [3.05, 3.63) is 96.1 Å². The van der Waals surface area contributed by atoms with Crippen molar-refractivity contribution in [1.82, 2.24) is 0 Å². The molecule has 13 heteroatoms. The number of phenolic OH excluding ortho intramolecular Hbond substituents is 1. The van der Waals surface area contributed by atoms with Crippen LogP contribution in [0, 0.1) is 0 Å². The van der Waals surface area contributed by atoms with Gasteiger partial charge < -0.3 is 24.2 Å². The molecule has 0 aromatic heterocycles. The fraction of sp³-hybridized carbons (Fsp3) is 0.500. The SMILES string of the molecule is CCCCCCCCCCCCc1cccc(Oc2cc(O)cc(S(=O)(=O)O)c2)c1.CCCCCCCCCCCCc1cccc(Oc2cc([O-])cc(S(=O)(=O)[O-])c2)c1.[Ca+2]. The number of phenols is 1. The summed E-state index contributed by atoms with van der Waals surface area (Å²) in [6.45, 7) is 4.48. The third-order valence-electron chi connectivity index (χ3n) is 10.2. The van der Waals surface area contributed by atoms with Gasteiger partial charge >= 0.3 is 37.7 Å². The maximum absolute atomic E-state index is 11.6. The first-order valence-electron chi connectivity index (χ1n) is 21.9. The Bertz CT molecular complexity index is 1910. The maximum atomic E-state index is 11.6. The number of ether oxygens (including phenoxy) is 2. The second-order valence-corrected chi connectivity index (χ2v) is 18.4. The standard InChI is InChI=1S/2C24H34O5S.Ca/c2*1-2-3-4-5-6-7-8-9-10-11-13-20-14-12-15-22(16-20)29-23-17-21(25)18-24(19-23)30(26,27)28;/h2*12,14-19,25H,2-11,13H2,1H3,(H,26,27,28);/q;;+2/p-2. The van der Waals surface area contributed by atoms with Gasteiger partial charge in [0, 0.05) is 18.2 Å². The first kappa shape index (κ1) is 54.3. The van der Waals surface area contributed by atoms with Crippen LogP contribution in [0.1, 0.15) is 153 Å². The zero-order chi connectivity index (χ0) is 43.6. The molecule has 0 atom stereocenters. The minimum absolute atomic E-state index is 0. The summed E-state index contributed by atoms with van der Waals surface area (Å²) in [5.74, 6) is 0.405. The summed E-state index contributed by atoms with van der Waals surface area (Å²) in [4.78, 5) is -0.981. The molecule has 0 radical (unpaired) electrons. The Morgan fingerprint density at radius 1 is 0.492 bits per heavy atom. The average molecular weight is 907 g/mol. The van der Waals surface area contributed by atoms with E-state index in [9.17, 15) is 36.2 Å². The normalized spacial score (nSPS) is 11.3. The molecule has 10 nitrogen and oxygen atoms in total. The Balaban J connectivity index is 0.000000413. The van der Waals surface area contributed by atoms with Crippen LogP contribution >= 0.6 is 0 Å². The fourth-order valence-corrected chi connectivity index (χ4v) is 8.00. The van der Waals surface area contributed by atoms with E-state index in [0.717, 1.165) is 55.0 Å². The molecule has 0 heterocycles. The largest absolute Gasteiger partial charge is 2.00 e. The summed E-state index contributed by atoms with van der Waals surface area (Å²) < 4.78 is 76.6. The molecule has 332 valence electrons. The summed E-state index contributed by atoms with van der Waals surface area (Å²) in [5.41, 5.74) is 2.28. The van der Waals surface area contributed by atoms with Crippen LogP contribution in [0.3, 0.4) is 0 Å². The van der Waals surface area contributed by atoms with Gasteiger partial charge in [-0.3, -0.25) is 4.55 Å². The summed E-state index contributed by atoms with van der Waals surface area (Å²) >= 11 is 0. The zero-order valence-corrected chi connectivity index (χ0v) is 40.2. The van der Waals surface area contributed by atoms with Crippen LogP contribution in [0.15, 0.2) is 94.7 Å².